The van der Waals surface area contributed by atoms with Crippen LogP contribution in [0.2, 0.25) is 0 Å². The lowest BCUT2D eigenvalue weighted by Crippen LogP contribution is -2.16. The Kier molecular flexibility index (Phi) is 2.28. The van der Waals surface area contributed by atoms with E-state index in [2.05, 4.69) is 37.1 Å². The fraction of sp³-hybridized carbons (Fsp3) is 0.417. The van der Waals surface area contributed by atoms with Crippen LogP contribution >= 0.6 is 0 Å². The van der Waals surface area contributed by atoms with Crippen LogP contribution in [-0.2, 0) is 4.79 Å². The highest BCUT2D eigenvalue weighted by Gasteiger charge is 2.26. The van der Waals surface area contributed by atoms with Crippen molar-refractivity contribution in [2.75, 3.05) is 18.5 Å². The number of benzene rings is 1. The van der Waals surface area contributed by atoms with Crippen LogP contribution in [0, 0.1) is 6.92 Å². The molecule has 14 heavy (non-hydrogen) atoms. The van der Waals surface area contributed by atoms with Crippen molar-refractivity contribution in [2.45, 2.75) is 19.3 Å². The molecule has 2 heteroatoms. The summed E-state index contributed by atoms with van der Waals surface area (Å²) in [6, 6.07) is 6.34. The van der Waals surface area contributed by atoms with E-state index in [1.807, 2.05) is 0 Å². The Morgan fingerprint density at radius 2 is 2.36 bits per heavy atom. The maximum absolute atomic E-state index is 10.5. The second-order valence-electron chi connectivity index (χ2n) is 3.99. The standard InChI is InChI=1S/C12H15NO/c1-9-4-3-5-11-10(6-7-14)8-13(2)12(9)11/h3-5,7,10H,6,8H2,1-2H3. The van der Waals surface area contributed by atoms with Gasteiger partial charge in [0, 0.05) is 31.6 Å². The summed E-state index contributed by atoms with van der Waals surface area (Å²) >= 11 is 0. The van der Waals surface area contributed by atoms with E-state index < -0.39 is 0 Å². The SMILES string of the molecule is Cc1cccc2c1N(C)CC2CC=O. The molecule has 2 nitrogen and oxygen atoms in total. The van der Waals surface area contributed by atoms with Gasteiger partial charge in [0.1, 0.15) is 6.29 Å². The minimum atomic E-state index is 0.396. The highest BCUT2D eigenvalue weighted by atomic mass is 16.1. The zero-order valence-corrected chi connectivity index (χ0v) is 8.66. The quantitative estimate of drug-likeness (QED) is 0.664. The van der Waals surface area contributed by atoms with E-state index in [0.29, 0.717) is 12.3 Å². The Labute approximate surface area is 84.5 Å². The first-order valence-electron chi connectivity index (χ1n) is 4.98. The van der Waals surface area contributed by atoms with E-state index >= 15 is 0 Å². The lowest BCUT2D eigenvalue weighted by molar-refractivity contribution is -0.108. The third-order valence-electron chi connectivity index (χ3n) is 2.97. The van der Waals surface area contributed by atoms with Crippen LogP contribution in [0.1, 0.15) is 23.5 Å². The average molecular weight is 189 g/mol. The molecular formula is C12H15NO. The van der Waals surface area contributed by atoms with Crippen LogP contribution in [0.15, 0.2) is 18.2 Å². The van der Waals surface area contributed by atoms with Crippen LogP contribution < -0.4 is 4.90 Å². The molecule has 1 aliphatic heterocycles. The molecular weight excluding hydrogens is 174 g/mol. The average Bonchev–Trinajstić information content (AvgIpc) is 2.46. The maximum Gasteiger partial charge on any atom is 0.120 e. The number of nitrogens with zero attached hydrogens (tertiary/aromatic N) is 1. The van der Waals surface area contributed by atoms with Crippen LogP contribution in [0.5, 0.6) is 0 Å². The van der Waals surface area contributed by atoms with Gasteiger partial charge in [0.05, 0.1) is 0 Å². The number of carbonyl (C=O) groups excluding carboxylic acids is 1. The van der Waals surface area contributed by atoms with E-state index in [1.165, 1.54) is 16.8 Å². The van der Waals surface area contributed by atoms with Crippen LogP contribution in [0.3, 0.4) is 0 Å². The van der Waals surface area contributed by atoms with Crippen molar-refractivity contribution in [3.05, 3.63) is 29.3 Å². The molecule has 1 aromatic carbocycles. The molecule has 74 valence electrons. The monoisotopic (exact) mass is 189 g/mol. The normalized spacial score (nSPS) is 19.6. The molecule has 1 heterocycles. The van der Waals surface area contributed by atoms with Gasteiger partial charge in [-0.2, -0.15) is 0 Å². The van der Waals surface area contributed by atoms with Gasteiger partial charge in [0.15, 0.2) is 0 Å². The number of anilines is 1. The van der Waals surface area contributed by atoms with Gasteiger partial charge in [-0.1, -0.05) is 18.2 Å². The zero-order chi connectivity index (χ0) is 10.1. The number of carbonyl (C=O) groups is 1. The van der Waals surface area contributed by atoms with E-state index in [-0.39, 0.29) is 0 Å². The highest BCUT2D eigenvalue weighted by Crippen LogP contribution is 2.38. The third-order valence-corrected chi connectivity index (χ3v) is 2.97. The number of fused-ring (bicyclic) bond motifs is 1. The molecule has 0 fully saturated rings. The summed E-state index contributed by atoms with van der Waals surface area (Å²) in [5.41, 5.74) is 3.96. The summed E-state index contributed by atoms with van der Waals surface area (Å²) in [6.45, 7) is 3.09. The molecule has 1 aromatic rings. The predicted octanol–water partition coefficient (Wildman–Crippen LogP) is 2.12. The minimum absolute atomic E-state index is 0.396. The molecule has 1 unspecified atom stereocenters. The Morgan fingerprint density at radius 3 is 3.07 bits per heavy atom. The number of aldehydes is 1. The number of hydrogen-bond donors (Lipinski definition) is 0. The number of para-hydroxylation sites is 1. The number of rotatable bonds is 2. The minimum Gasteiger partial charge on any atom is -0.374 e. The molecule has 1 atom stereocenters. The molecule has 0 bridgehead atoms. The summed E-state index contributed by atoms with van der Waals surface area (Å²) in [4.78, 5) is 12.8. The first-order chi connectivity index (χ1) is 6.74. The molecule has 0 N–H and O–H groups in total. The molecule has 0 saturated heterocycles. The van der Waals surface area contributed by atoms with Gasteiger partial charge in [-0.15, -0.1) is 0 Å². The largest absolute Gasteiger partial charge is 0.374 e. The van der Waals surface area contributed by atoms with Gasteiger partial charge in [-0.3, -0.25) is 0 Å². The summed E-state index contributed by atoms with van der Waals surface area (Å²) in [5.74, 6) is 0.396. The zero-order valence-electron chi connectivity index (χ0n) is 8.66. The first-order valence-corrected chi connectivity index (χ1v) is 4.98. The van der Waals surface area contributed by atoms with Gasteiger partial charge in [-0.05, 0) is 18.1 Å². The number of likely N-dealkylation sites (N-methyl/N-ethyl adjacent to an activating group) is 1. The van der Waals surface area contributed by atoms with Gasteiger partial charge in [0.25, 0.3) is 0 Å². The van der Waals surface area contributed by atoms with Crippen molar-refractivity contribution >= 4 is 12.0 Å². The molecule has 0 aliphatic carbocycles. The fourth-order valence-electron chi connectivity index (χ4n) is 2.37. The van der Waals surface area contributed by atoms with Crippen molar-refractivity contribution in [3.63, 3.8) is 0 Å². The van der Waals surface area contributed by atoms with Crippen molar-refractivity contribution in [1.29, 1.82) is 0 Å². The van der Waals surface area contributed by atoms with Crippen LogP contribution in [0.25, 0.3) is 0 Å². The van der Waals surface area contributed by atoms with Gasteiger partial charge >= 0.3 is 0 Å². The highest BCUT2D eigenvalue weighted by molar-refractivity contribution is 5.66. The van der Waals surface area contributed by atoms with E-state index in [0.717, 1.165) is 12.8 Å². The topological polar surface area (TPSA) is 20.3 Å². The Bertz CT molecular complexity index is 359. The molecule has 1 aliphatic rings. The summed E-state index contributed by atoms with van der Waals surface area (Å²) < 4.78 is 0. The molecule has 2 rings (SSSR count). The summed E-state index contributed by atoms with van der Waals surface area (Å²) in [5, 5.41) is 0. The first kappa shape index (κ1) is 9.25. The predicted molar refractivity (Wildman–Crippen MR) is 57.9 cm³/mol. The second-order valence-corrected chi connectivity index (χ2v) is 3.99. The van der Waals surface area contributed by atoms with Gasteiger partial charge in [0.2, 0.25) is 0 Å². The fourth-order valence-corrected chi connectivity index (χ4v) is 2.37. The molecule has 0 spiro atoms. The summed E-state index contributed by atoms with van der Waals surface area (Å²) in [7, 11) is 2.09. The lowest BCUT2D eigenvalue weighted by atomic mass is 9.97. The summed E-state index contributed by atoms with van der Waals surface area (Å²) in [6.07, 6.45) is 1.66. The lowest BCUT2D eigenvalue weighted by Gasteiger charge is -2.14. The Balaban J connectivity index is 2.43. The Hall–Kier alpha value is -1.31. The third kappa shape index (κ3) is 1.31. The van der Waals surface area contributed by atoms with E-state index in [1.54, 1.807) is 0 Å². The van der Waals surface area contributed by atoms with Crippen molar-refractivity contribution in [3.8, 4) is 0 Å². The molecule has 0 amide bonds. The molecule has 0 saturated carbocycles. The smallest absolute Gasteiger partial charge is 0.120 e. The van der Waals surface area contributed by atoms with Gasteiger partial charge in [-0.25, -0.2) is 0 Å². The molecule has 0 radical (unpaired) electrons. The van der Waals surface area contributed by atoms with E-state index in [4.69, 9.17) is 0 Å². The van der Waals surface area contributed by atoms with Crippen molar-refractivity contribution < 1.29 is 4.79 Å². The van der Waals surface area contributed by atoms with Crippen LogP contribution in [0.4, 0.5) is 5.69 Å². The Morgan fingerprint density at radius 1 is 1.57 bits per heavy atom. The second kappa shape index (κ2) is 3.45. The van der Waals surface area contributed by atoms with E-state index in [9.17, 15) is 4.79 Å². The number of hydrogen-bond acceptors (Lipinski definition) is 2. The maximum atomic E-state index is 10.5. The van der Waals surface area contributed by atoms with Gasteiger partial charge < -0.3 is 9.69 Å². The van der Waals surface area contributed by atoms with Crippen LogP contribution in [-0.4, -0.2) is 19.9 Å². The van der Waals surface area contributed by atoms with Crippen molar-refractivity contribution in [2.24, 2.45) is 0 Å². The van der Waals surface area contributed by atoms with Crippen molar-refractivity contribution in [1.82, 2.24) is 0 Å². The number of aryl methyl sites for hydroxylation is 1. The molecule has 0 aromatic heterocycles.